The zero-order valence-electron chi connectivity index (χ0n) is 15.5. The van der Waals surface area contributed by atoms with Gasteiger partial charge in [-0.25, -0.2) is 4.79 Å². The molecule has 0 radical (unpaired) electrons. The Bertz CT molecular complexity index is 935. The maximum absolute atomic E-state index is 12.4. The van der Waals surface area contributed by atoms with Gasteiger partial charge in [0.25, 0.3) is 11.8 Å². The lowest BCUT2D eigenvalue weighted by atomic mass is 10.1. The van der Waals surface area contributed by atoms with Gasteiger partial charge in [-0.05, 0) is 47.3 Å². The Kier molecular flexibility index (Phi) is 6.75. The second-order valence-electron chi connectivity index (χ2n) is 6.49. The first-order valence-electron chi connectivity index (χ1n) is 8.90. The molecule has 3 amide bonds. The third kappa shape index (κ3) is 5.07. The molecule has 154 valence electrons. The number of ether oxygens (including phenoxy) is 1. The van der Waals surface area contributed by atoms with Crippen LogP contribution in [0.1, 0.15) is 29.6 Å². The van der Waals surface area contributed by atoms with E-state index < -0.39 is 18.0 Å². The van der Waals surface area contributed by atoms with Crippen molar-refractivity contribution in [2.45, 2.75) is 25.3 Å². The van der Waals surface area contributed by atoms with Crippen LogP contribution >= 0.6 is 27.5 Å². The highest BCUT2D eigenvalue weighted by atomic mass is 79.9. The van der Waals surface area contributed by atoms with Crippen LogP contribution in [0, 0.1) is 0 Å². The average Bonchev–Trinajstić information content (AvgIpc) is 2.94. The molecule has 1 aromatic carbocycles. The van der Waals surface area contributed by atoms with Gasteiger partial charge in [-0.2, -0.15) is 0 Å². The van der Waals surface area contributed by atoms with Crippen LogP contribution in [0.25, 0.3) is 0 Å². The van der Waals surface area contributed by atoms with Crippen molar-refractivity contribution in [2.24, 2.45) is 0 Å². The molecule has 0 aliphatic carbocycles. The fourth-order valence-corrected chi connectivity index (χ4v) is 3.46. The van der Waals surface area contributed by atoms with E-state index in [9.17, 15) is 14.4 Å². The third-order valence-electron chi connectivity index (χ3n) is 4.43. The number of aromatic nitrogens is 2. The van der Waals surface area contributed by atoms with Crippen molar-refractivity contribution >= 4 is 51.3 Å². The molecule has 1 aliphatic heterocycles. The van der Waals surface area contributed by atoms with E-state index in [4.69, 9.17) is 16.3 Å². The van der Waals surface area contributed by atoms with Crippen LogP contribution in [-0.4, -0.2) is 52.6 Å². The third-order valence-corrected chi connectivity index (χ3v) is 5.49. The van der Waals surface area contributed by atoms with E-state index in [0.717, 1.165) is 12.8 Å². The number of rotatable bonds is 4. The molecular weight excluding hydrogens is 466 g/mol. The molecule has 0 bridgehead atoms. The van der Waals surface area contributed by atoms with Crippen LogP contribution in [0.4, 0.5) is 10.6 Å². The van der Waals surface area contributed by atoms with Gasteiger partial charge in [0.05, 0.1) is 10.6 Å². The molecule has 1 saturated heterocycles. The van der Waals surface area contributed by atoms with Crippen LogP contribution in [-0.2, 0) is 4.79 Å². The highest BCUT2D eigenvalue weighted by Crippen LogP contribution is 2.30. The fraction of sp³-hybridized carbons (Fsp3) is 0.333. The van der Waals surface area contributed by atoms with E-state index in [0.29, 0.717) is 18.0 Å². The number of carbonyl (C=O) groups is 3. The maximum atomic E-state index is 12.4. The van der Waals surface area contributed by atoms with Crippen LogP contribution < -0.4 is 15.4 Å². The first-order valence-corrected chi connectivity index (χ1v) is 10.1. The minimum absolute atomic E-state index is 0.0774. The normalized spacial score (nSPS) is 16.9. The molecule has 1 aliphatic rings. The second-order valence-corrected chi connectivity index (χ2v) is 7.69. The van der Waals surface area contributed by atoms with Crippen molar-refractivity contribution in [3.8, 4) is 5.88 Å². The number of likely N-dealkylation sites (tertiary alicyclic amines) is 1. The maximum Gasteiger partial charge on any atom is 0.414 e. The Morgan fingerprint density at radius 2 is 2.10 bits per heavy atom. The number of anilines is 1. The number of carbonyl (C=O) groups excluding carboxylic acids is 3. The summed E-state index contributed by atoms with van der Waals surface area (Å²) in [6.07, 6.45) is 1.44. The topological polar surface area (TPSA) is 116 Å². The molecule has 2 heterocycles. The number of amides is 3. The summed E-state index contributed by atoms with van der Waals surface area (Å²) < 4.78 is 5.42. The van der Waals surface area contributed by atoms with E-state index >= 15 is 0 Å². The number of hydrogen-bond donors (Lipinski definition) is 3. The molecule has 3 rings (SSSR count). The zero-order valence-corrected chi connectivity index (χ0v) is 17.8. The molecule has 9 nitrogen and oxygen atoms in total. The summed E-state index contributed by atoms with van der Waals surface area (Å²) in [7, 11) is 1.70. The number of nitrogens with one attached hydrogen (secondary N) is 3. The number of likely N-dealkylation sites (N-methyl/N-ethyl adjacent to an activating group) is 1. The summed E-state index contributed by atoms with van der Waals surface area (Å²) in [5.74, 6) is -0.495. The Balaban J connectivity index is 1.63. The summed E-state index contributed by atoms with van der Waals surface area (Å²) in [4.78, 5) is 38.4. The molecule has 0 saturated carbocycles. The predicted octanol–water partition coefficient (Wildman–Crippen LogP) is 3.18. The van der Waals surface area contributed by atoms with Crippen LogP contribution in [0.5, 0.6) is 5.88 Å². The molecule has 0 unspecified atom stereocenters. The summed E-state index contributed by atoms with van der Waals surface area (Å²) in [5, 5.41) is 11.9. The summed E-state index contributed by atoms with van der Waals surface area (Å²) in [6, 6.07) is 5.93. The Morgan fingerprint density at radius 1 is 1.34 bits per heavy atom. The SMILES string of the molecule is CN1CCCC[C@H](NC(=O)Oc2n[nH]c(NC(=O)c3ccccc3Cl)c2Br)C1=O. The standard InChI is InChI=1S/C18H19BrClN5O4/c1-25-9-5-4-8-12(17(25)27)21-18(28)29-16-13(19)14(23-24-16)22-15(26)10-6-2-3-7-11(10)20/h2-3,6-7,12H,4-5,8-9H2,1H3,(H,21,28)(H2,22,23,24,26)/t12-/m0/s1. The Morgan fingerprint density at radius 3 is 2.86 bits per heavy atom. The number of halogens is 2. The summed E-state index contributed by atoms with van der Waals surface area (Å²) in [6.45, 7) is 0.658. The van der Waals surface area contributed by atoms with Gasteiger partial charge in [0.15, 0.2) is 0 Å². The molecular formula is C18H19BrClN5O4. The van der Waals surface area contributed by atoms with Crippen molar-refractivity contribution in [1.29, 1.82) is 0 Å². The van der Waals surface area contributed by atoms with Crippen LogP contribution in [0.2, 0.25) is 5.02 Å². The summed E-state index contributed by atoms with van der Waals surface area (Å²) in [5.41, 5.74) is 0.284. The van der Waals surface area contributed by atoms with Gasteiger partial charge in [-0.1, -0.05) is 23.7 Å². The first kappa shape index (κ1) is 21.1. The van der Waals surface area contributed by atoms with Crippen LogP contribution in [0.3, 0.4) is 0 Å². The minimum Gasteiger partial charge on any atom is -0.388 e. The average molecular weight is 485 g/mol. The van der Waals surface area contributed by atoms with Gasteiger partial charge < -0.3 is 20.3 Å². The number of hydrogen-bond acceptors (Lipinski definition) is 5. The van der Waals surface area contributed by atoms with Crippen molar-refractivity contribution < 1.29 is 19.1 Å². The molecule has 2 aromatic rings. The molecule has 0 spiro atoms. The zero-order chi connectivity index (χ0) is 21.0. The number of H-pyrrole nitrogens is 1. The van der Waals surface area contributed by atoms with E-state index in [1.54, 1.807) is 36.2 Å². The van der Waals surface area contributed by atoms with Crippen molar-refractivity contribution in [1.82, 2.24) is 20.4 Å². The molecule has 3 N–H and O–H groups in total. The molecule has 1 fully saturated rings. The van der Waals surface area contributed by atoms with Gasteiger partial charge >= 0.3 is 6.09 Å². The number of benzene rings is 1. The summed E-state index contributed by atoms with van der Waals surface area (Å²) >= 11 is 9.26. The van der Waals surface area contributed by atoms with Crippen molar-refractivity contribution in [3.63, 3.8) is 0 Å². The highest BCUT2D eigenvalue weighted by Gasteiger charge is 2.27. The Hall–Kier alpha value is -2.59. The molecule has 1 atom stereocenters. The number of aromatic amines is 1. The van der Waals surface area contributed by atoms with E-state index in [2.05, 4.69) is 36.8 Å². The largest absolute Gasteiger partial charge is 0.414 e. The smallest absolute Gasteiger partial charge is 0.388 e. The highest BCUT2D eigenvalue weighted by molar-refractivity contribution is 9.10. The quantitative estimate of drug-likeness (QED) is 0.616. The van der Waals surface area contributed by atoms with Gasteiger partial charge in [0, 0.05) is 13.6 Å². The molecule has 1 aromatic heterocycles. The van der Waals surface area contributed by atoms with Gasteiger partial charge in [0.1, 0.15) is 16.3 Å². The lowest BCUT2D eigenvalue weighted by Gasteiger charge is -2.20. The molecule has 29 heavy (non-hydrogen) atoms. The van der Waals surface area contributed by atoms with Crippen molar-refractivity contribution in [3.05, 3.63) is 39.3 Å². The lowest BCUT2D eigenvalue weighted by Crippen LogP contribution is -2.47. The van der Waals surface area contributed by atoms with Gasteiger partial charge in [0.2, 0.25) is 5.91 Å². The first-order chi connectivity index (χ1) is 13.9. The monoisotopic (exact) mass is 483 g/mol. The second kappa shape index (κ2) is 9.27. The van der Waals surface area contributed by atoms with Gasteiger partial charge in [-0.3, -0.25) is 14.7 Å². The fourth-order valence-electron chi connectivity index (χ4n) is 2.88. The predicted molar refractivity (Wildman–Crippen MR) is 110 cm³/mol. The van der Waals surface area contributed by atoms with E-state index in [-0.39, 0.29) is 27.6 Å². The Labute approximate surface area is 180 Å². The minimum atomic E-state index is -0.810. The van der Waals surface area contributed by atoms with E-state index in [1.807, 2.05) is 0 Å². The molecule has 11 heteroatoms. The van der Waals surface area contributed by atoms with E-state index in [1.165, 1.54) is 0 Å². The van der Waals surface area contributed by atoms with Crippen LogP contribution in [0.15, 0.2) is 28.7 Å². The van der Waals surface area contributed by atoms with Gasteiger partial charge in [-0.15, -0.1) is 5.10 Å². The lowest BCUT2D eigenvalue weighted by molar-refractivity contribution is -0.131. The number of nitrogens with zero attached hydrogens (tertiary/aromatic N) is 2. The van der Waals surface area contributed by atoms with Crippen molar-refractivity contribution in [2.75, 3.05) is 18.9 Å².